The molecule has 0 spiro atoms. The van der Waals surface area contributed by atoms with Crippen LogP contribution in [0.15, 0.2) is 10.7 Å². The second kappa shape index (κ2) is 9.21. The highest BCUT2D eigenvalue weighted by Crippen LogP contribution is 2.05. The van der Waals surface area contributed by atoms with Crippen LogP contribution in [0.25, 0.3) is 0 Å². The molecule has 1 rings (SSSR count). The summed E-state index contributed by atoms with van der Waals surface area (Å²) in [5.74, 6) is -0.485. The first-order valence-corrected chi connectivity index (χ1v) is 7.02. The van der Waals surface area contributed by atoms with Crippen LogP contribution in [0.5, 0.6) is 5.95 Å². The number of carbonyl (C=O) groups excluding carboxylic acids is 1. The van der Waals surface area contributed by atoms with E-state index >= 15 is 0 Å². The summed E-state index contributed by atoms with van der Waals surface area (Å²) in [5, 5.41) is 16.8. The van der Waals surface area contributed by atoms with Gasteiger partial charge in [-0.3, -0.25) is 0 Å². The molecule has 0 aliphatic heterocycles. The van der Waals surface area contributed by atoms with E-state index in [1.54, 1.807) is 20.8 Å². The third-order valence-corrected chi connectivity index (χ3v) is 2.24. The fraction of sp³-hybridized carbons (Fsp3) is 0.769. The molecule has 0 aliphatic carbocycles. The topological polar surface area (TPSA) is 110 Å². The van der Waals surface area contributed by atoms with E-state index in [9.17, 15) is 9.90 Å². The first kappa shape index (κ1) is 18.2. The van der Waals surface area contributed by atoms with Gasteiger partial charge >= 0.3 is 6.09 Å². The molecule has 1 aromatic heterocycles. The molecule has 0 bridgehead atoms. The van der Waals surface area contributed by atoms with Crippen LogP contribution in [0, 0.1) is 0 Å². The van der Waals surface area contributed by atoms with E-state index in [2.05, 4.69) is 15.1 Å². The molecular weight excluding hydrogens is 294 g/mol. The number of nitrogens with zero attached hydrogens (tertiary/aromatic N) is 2. The molecule has 0 saturated carbocycles. The maximum Gasteiger partial charge on any atom is 0.407 e. The Kier molecular flexibility index (Phi) is 7.61. The van der Waals surface area contributed by atoms with E-state index in [1.165, 1.54) is 10.9 Å². The summed E-state index contributed by atoms with van der Waals surface area (Å²) in [6.07, 6.45) is 0.789. The highest BCUT2D eigenvalue weighted by atomic mass is 16.6. The number of nitrogens with one attached hydrogen (secondary N) is 1. The minimum absolute atomic E-state index is 0.371. The predicted molar refractivity (Wildman–Crippen MR) is 72.0 cm³/mol. The monoisotopic (exact) mass is 317 g/mol. The van der Waals surface area contributed by atoms with E-state index in [1.807, 2.05) is 0 Å². The number of carbonyl (C=O) groups is 1. The van der Waals surface area contributed by atoms with Crippen molar-refractivity contribution in [3.05, 3.63) is 6.20 Å². The number of hydrogen-bond donors (Lipinski definition) is 1. The first-order valence-electron chi connectivity index (χ1n) is 7.02. The number of alkyl carbamates (subject to hydrolysis) is 1. The van der Waals surface area contributed by atoms with Crippen molar-refractivity contribution in [1.82, 2.24) is 10.6 Å². The Morgan fingerprint density at radius 2 is 2.00 bits per heavy atom. The lowest BCUT2D eigenvalue weighted by Crippen LogP contribution is -2.37. The van der Waals surface area contributed by atoms with Gasteiger partial charge in [0, 0.05) is 6.54 Å². The summed E-state index contributed by atoms with van der Waals surface area (Å²) in [6, 6.07) is 0. The molecule has 126 valence electrons. The van der Waals surface area contributed by atoms with Gasteiger partial charge in [0.05, 0.1) is 25.1 Å². The molecule has 9 heteroatoms. The Labute approximate surface area is 129 Å². The van der Waals surface area contributed by atoms with Gasteiger partial charge in [0.25, 0.3) is 0 Å². The molecule has 22 heavy (non-hydrogen) atoms. The summed E-state index contributed by atoms with van der Waals surface area (Å²) in [4.78, 5) is 11.3. The molecule has 0 aromatic carbocycles. The summed E-state index contributed by atoms with van der Waals surface area (Å²) in [5.41, 5.74) is -0.506. The standard InChI is InChI=1S/C13H23N3O6/c1-13(2,3)21-12(18)14-4-6-19-8-9-20-7-5-16-10-11(17)22-15-16/h10H,4-9H2,1-3H3,(H-,14,15,17,18). The van der Waals surface area contributed by atoms with Gasteiger partial charge in [-0.25, -0.2) is 4.79 Å². The van der Waals surface area contributed by atoms with Crippen LogP contribution >= 0.6 is 0 Å². The van der Waals surface area contributed by atoms with Crippen molar-refractivity contribution in [3.8, 4) is 5.95 Å². The number of rotatable bonds is 9. The highest BCUT2D eigenvalue weighted by molar-refractivity contribution is 5.67. The van der Waals surface area contributed by atoms with E-state index in [-0.39, 0.29) is 0 Å². The molecule has 1 amide bonds. The van der Waals surface area contributed by atoms with Gasteiger partial charge in [0.2, 0.25) is 6.20 Å². The lowest BCUT2D eigenvalue weighted by Gasteiger charge is -2.19. The van der Waals surface area contributed by atoms with Gasteiger partial charge in [-0.15, -0.1) is 0 Å². The number of aromatic nitrogens is 2. The quantitative estimate of drug-likeness (QED) is 0.487. The van der Waals surface area contributed by atoms with Crippen LogP contribution in [0.2, 0.25) is 0 Å². The minimum Gasteiger partial charge on any atom is -0.539 e. The molecule has 0 saturated heterocycles. The van der Waals surface area contributed by atoms with Gasteiger partial charge in [-0.05, 0) is 20.8 Å². The maximum atomic E-state index is 11.3. The van der Waals surface area contributed by atoms with E-state index in [0.717, 1.165) is 0 Å². The van der Waals surface area contributed by atoms with Crippen LogP contribution in [0.3, 0.4) is 0 Å². The van der Waals surface area contributed by atoms with Crippen LogP contribution in [-0.2, 0) is 20.8 Å². The van der Waals surface area contributed by atoms with Gasteiger partial charge in [0.1, 0.15) is 18.2 Å². The summed E-state index contributed by atoms with van der Waals surface area (Å²) >= 11 is 0. The summed E-state index contributed by atoms with van der Waals surface area (Å²) in [7, 11) is 0. The van der Waals surface area contributed by atoms with Crippen molar-refractivity contribution >= 4 is 6.09 Å². The predicted octanol–water partition coefficient (Wildman–Crippen LogP) is -0.406. The van der Waals surface area contributed by atoms with Crippen molar-refractivity contribution in [2.24, 2.45) is 0 Å². The Morgan fingerprint density at radius 3 is 2.59 bits per heavy atom. The van der Waals surface area contributed by atoms with Gasteiger partial charge in [-0.1, -0.05) is 4.68 Å². The molecule has 1 heterocycles. The molecule has 0 fully saturated rings. The zero-order valence-electron chi connectivity index (χ0n) is 13.2. The maximum absolute atomic E-state index is 11.3. The lowest BCUT2D eigenvalue weighted by atomic mass is 10.2. The summed E-state index contributed by atoms with van der Waals surface area (Å²) < 4.78 is 21.4. The fourth-order valence-electron chi connectivity index (χ4n) is 1.39. The zero-order chi connectivity index (χ0) is 16.4. The van der Waals surface area contributed by atoms with Gasteiger partial charge < -0.3 is 29.2 Å². The van der Waals surface area contributed by atoms with Crippen molar-refractivity contribution < 1.29 is 33.3 Å². The first-order chi connectivity index (χ1) is 10.4. The van der Waals surface area contributed by atoms with E-state index < -0.39 is 17.6 Å². The Bertz CT molecular complexity index is 443. The average Bonchev–Trinajstić information content (AvgIpc) is 2.80. The molecule has 0 unspecified atom stereocenters. The molecule has 1 N–H and O–H groups in total. The smallest absolute Gasteiger partial charge is 0.407 e. The van der Waals surface area contributed by atoms with Crippen molar-refractivity contribution in [2.75, 3.05) is 33.0 Å². The number of amides is 1. The van der Waals surface area contributed by atoms with Crippen LogP contribution in [0.1, 0.15) is 20.8 Å². The molecule has 0 radical (unpaired) electrons. The lowest BCUT2D eigenvalue weighted by molar-refractivity contribution is -0.763. The molecule has 9 nitrogen and oxygen atoms in total. The number of hydrogen-bond acceptors (Lipinski definition) is 7. The van der Waals surface area contributed by atoms with Crippen LogP contribution < -0.4 is 15.1 Å². The van der Waals surface area contributed by atoms with Crippen molar-refractivity contribution in [3.63, 3.8) is 0 Å². The van der Waals surface area contributed by atoms with E-state index in [4.69, 9.17) is 14.2 Å². The normalized spacial score (nSPS) is 11.4. The third-order valence-electron chi connectivity index (χ3n) is 2.24. The Balaban J connectivity index is 1.88. The minimum atomic E-state index is -0.506. The third kappa shape index (κ3) is 9.14. The summed E-state index contributed by atoms with van der Waals surface area (Å²) in [6.45, 7) is 7.81. The van der Waals surface area contributed by atoms with Gasteiger partial charge in [-0.2, -0.15) is 0 Å². The second-order valence-electron chi connectivity index (χ2n) is 5.44. The molecule has 0 atom stereocenters. The fourth-order valence-corrected chi connectivity index (χ4v) is 1.39. The Morgan fingerprint density at radius 1 is 1.32 bits per heavy atom. The molecule has 1 aromatic rings. The Hall–Kier alpha value is -1.87. The molecular formula is C13H23N3O6. The van der Waals surface area contributed by atoms with Crippen molar-refractivity contribution in [1.29, 1.82) is 0 Å². The van der Waals surface area contributed by atoms with Gasteiger partial charge in [0.15, 0.2) is 6.54 Å². The molecule has 0 aliphatic rings. The second-order valence-corrected chi connectivity index (χ2v) is 5.44. The van der Waals surface area contributed by atoms with Crippen LogP contribution in [-0.4, -0.2) is 49.9 Å². The van der Waals surface area contributed by atoms with Crippen molar-refractivity contribution in [2.45, 2.75) is 32.9 Å². The zero-order valence-corrected chi connectivity index (χ0v) is 13.2. The largest absolute Gasteiger partial charge is 0.539 e. The SMILES string of the molecule is CC(C)(C)OC(=O)NCCOCCOCC[n+]1cc([O-])on1. The van der Waals surface area contributed by atoms with E-state index in [0.29, 0.717) is 39.5 Å². The average molecular weight is 317 g/mol. The van der Waals surface area contributed by atoms with Crippen LogP contribution in [0.4, 0.5) is 4.79 Å². The highest BCUT2D eigenvalue weighted by Gasteiger charge is 2.15. The number of ether oxygens (including phenoxy) is 3.